The quantitative estimate of drug-likeness (QED) is 0.662. The summed E-state index contributed by atoms with van der Waals surface area (Å²) in [6.45, 7) is 3.68. The highest BCUT2D eigenvalue weighted by Crippen LogP contribution is 2.18. The smallest absolute Gasteiger partial charge is 0.222 e. The van der Waals surface area contributed by atoms with E-state index in [-0.39, 0.29) is 30.8 Å². The van der Waals surface area contributed by atoms with Gasteiger partial charge in [-0.05, 0) is 24.6 Å². The average Bonchev–Trinajstić information content (AvgIpc) is 3.15. The maximum atomic E-state index is 12.5. The third kappa shape index (κ3) is 5.03. The number of carbonyl (C=O) groups is 2. The number of aromatic nitrogens is 3. The van der Waals surface area contributed by atoms with Crippen LogP contribution in [-0.2, 0) is 16.1 Å². The van der Waals surface area contributed by atoms with Gasteiger partial charge in [0.1, 0.15) is 6.33 Å². The van der Waals surface area contributed by atoms with Crippen molar-refractivity contribution in [2.75, 3.05) is 0 Å². The molecule has 1 aromatic heterocycles. The zero-order chi connectivity index (χ0) is 19.9. The van der Waals surface area contributed by atoms with Gasteiger partial charge in [0, 0.05) is 6.92 Å². The number of rotatable bonds is 7. The van der Waals surface area contributed by atoms with Crippen molar-refractivity contribution in [3.8, 4) is 5.69 Å². The lowest BCUT2D eigenvalue weighted by Gasteiger charge is -2.18. The van der Waals surface area contributed by atoms with Crippen molar-refractivity contribution in [1.82, 2.24) is 25.4 Å². The van der Waals surface area contributed by atoms with Crippen molar-refractivity contribution < 1.29 is 9.59 Å². The van der Waals surface area contributed by atoms with Gasteiger partial charge in [0.2, 0.25) is 11.8 Å². The highest BCUT2D eigenvalue weighted by atomic mass is 16.2. The van der Waals surface area contributed by atoms with E-state index in [1.165, 1.54) is 13.3 Å². The molecule has 0 saturated carbocycles. The molecule has 0 aliphatic rings. The summed E-state index contributed by atoms with van der Waals surface area (Å²) in [4.78, 5) is 28.3. The molecule has 1 atom stereocenters. The van der Waals surface area contributed by atoms with Gasteiger partial charge in [-0.25, -0.2) is 9.67 Å². The first-order valence-corrected chi connectivity index (χ1v) is 9.07. The molecule has 0 fully saturated rings. The zero-order valence-corrected chi connectivity index (χ0v) is 15.9. The van der Waals surface area contributed by atoms with Gasteiger partial charge in [-0.2, -0.15) is 5.10 Å². The maximum Gasteiger partial charge on any atom is 0.222 e. The van der Waals surface area contributed by atoms with E-state index < -0.39 is 0 Å². The third-order valence-corrected chi connectivity index (χ3v) is 4.31. The van der Waals surface area contributed by atoms with Crippen LogP contribution < -0.4 is 10.6 Å². The second-order valence-electron chi connectivity index (χ2n) is 6.57. The van der Waals surface area contributed by atoms with Crippen LogP contribution >= 0.6 is 0 Å². The predicted octanol–water partition coefficient (Wildman–Crippen LogP) is 2.46. The molecule has 1 heterocycles. The summed E-state index contributed by atoms with van der Waals surface area (Å²) in [5, 5.41) is 9.93. The summed E-state index contributed by atoms with van der Waals surface area (Å²) in [6, 6.07) is 17.0. The molecule has 3 aromatic rings. The summed E-state index contributed by atoms with van der Waals surface area (Å²) in [5.41, 5.74) is 2.89. The first-order chi connectivity index (χ1) is 13.5. The van der Waals surface area contributed by atoms with E-state index in [9.17, 15) is 9.59 Å². The number of nitrogens with one attached hydrogen (secondary N) is 2. The minimum atomic E-state index is -0.384. The molecule has 0 spiro atoms. The van der Waals surface area contributed by atoms with E-state index in [1.807, 2.05) is 61.5 Å². The molecule has 2 N–H and O–H groups in total. The Labute approximate surface area is 163 Å². The Morgan fingerprint density at radius 1 is 1.07 bits per heavy atom. The Kier molecular flexibility index (Phi) is 6.16. The Morgan fingerprint density at radius 3 is 2.46 bits per heavy atom. The van der Waals surface area contributed by atoms with E-state index in [2.05, 4.69) is 20.7 Å². The molecule has 0 radical (unpaired) electrons. The molecule has 7 heteroatoms. The largest absolute Gasteiger partial charge is 0.349 e. The van der Waals surface area contributed by atoms with Crippen LogP contribution in [0.5, 0.6) is 0 Å². The zero-order valence-electron chi connectivity index (χ0n) is 15.9. The lowest BCUT2D eigenvalue weighted by molar-refractivity contribution is -0.123. The molecule has 3 rings (SSSR count). The second kappa shape index (κ2) is 8.94. The minimum Gasteiger partial charge on any atom is -0.349 e. The molecule has 7 nitrogen and oxygen atoms in total. The topological polar surface area (TPSA) is 88.9 Å². The molecule has 0 aliphatic heterocycles. The van der Waals surface area contributed by atoms with E-state index in [1.54, 1.807) is 4.68 Å². The molecular weight excluding hydrogens is 354 g/mol. The number of aryl methyl sites for hydroxylation is 1. The van der Waals surface area contributed by atoms with Crippen LogP contribution in [0.4, 0.5) is 0 Å². The van der Waals surface area contributed by atoms with Crippen LogP contribution in [0.3, 0.4) is 0 Å². The van der Waals surface area contributed by atoms with Crippen LogP contribution in [0.25, 0.3) is 5.69 Å². The number of hydrogen-bond donors (Lipinski definition) is 2. The summed E-state index contributed by atoms with van der Waals surface area (Å²) >= 11 is 0. The Bertz CT molecular complexity index is 935. The normalized spacial score (nSPS) is 11.6. The van der Waals surface area contributed by atoms with E-state index >= 15 is 0 Å². The standard InChI is InChI=1S/C21H23N5O2/c1-15-8-10-17(11-9-15)19(25-16(2)27)12-21(28)22-13-20-23-14-24-26(20)18-6-4-3-5-7-18/h3-11,14,19H,12-13H2,1-2H3,(H,22,28)(H,25,27)/t19-/m0/s1. The van der Waals surface area contributed by atoms with Crippen LogP contribution in [0.15, 0.2) is 60.9 Å². The van der Waals surface area contributed by atoms with Crippen LogP contribution in [-0.4, -0.2) is 26.6 Å². The number of benzene rings is 2. The summed E-state index contributed by atoms with van der Waals surface area (Å²) in [5.74, 6) is 0.273. The van der Waals surface area contributed by atoms with Gasteiger partial charge >= 0.3 is 0 Å². The number of amides is 2. The number of carbonyl (C=O) groups excluding carboxylic acids is 2. The van der Waals surface area contributed by atoms with Crippen LogP contribution in [0.2, 0.25) is 0 Å². The molecular formula is C21H23N5O2. The van der Waals surface area contributed by atoms with Gasteiger partial charge in [-0.3, -0.25) is 9.59 Å². The van der Waals surface area contributed by atoms with E-state index in [4.69, 9.17) is 0 Å². The van der Waals surface area contributed by atoms with E-state index in [0.29, 0.717) is 5.82 Å². The van der Waals surface area contributed by atoms with Crippen LogP contribution in [0, 0.1) is 6.92 Å². The number of para-hydroxylation sites is 1. The van der Waals surface area contributed by atoms with Crippen molar-refractivity contribution in [3.05, 3.63) is 77.9 Å². The molecule has 0 aliphatic carbocycles. The predicted molar refractivity (Wildman–Crippen MR) is 106 cm³/mol. The molecule has 144 valence electrons. The molecule has 0 bridgehead atoms. The first-order valence-electron chi connectivity index (χ1n) is 9.07. The minimum absolute atomic E-state index is 0.141. The van der Waals surface area contributed by atoms with Gasteiger partial charge in [0.15, 0.2) is 5.82 Å². The van der Waals surface area contributed by atoms with Gasteiger partial charge in [-0.15, -0.1) is 0 Å². The highest BCUT2D eigenvalue weighted by Gasteiger charge is 2.17. The van der Waals surface area contributed by atoms with Crippen molar-refractivity contribution in [2.45, 2.75) is 32.9 Å². The van der Waals surface area contributed by atoms with Gasteiger partial charge in [-0.1, -0.05) is 48.0 Å². The first kappa shape index (κ1) is 19.3. The van der Waals surface area contributed by atoms with Crippen molar-refractivity contribution in [1.29, 1.82) is 0 Å². The van der Waals surface area contributed by atoms with Gasteiger partial charge in [0.25, 0.3) is 0 Å². The van der Waals surface area contributed by atoms with Gasteiger partial charge in [0.05, 0.1) is 24.7 Å². The van der Waals surface area contributed by atoms with Crippen molar-refractivity contribution in [3.63, 3.8) is 0 Å². The Morgan fingerprint density at radius 2 is 1.79 bits per heavy atom. The monoisotopic (exact) mass is 377 g/mol. The van der Waals surface area contributed by atoms with Crippen molar-refractivity contribution in [2.24, 2.45) is 0 Å². The molecule has 0 saturated heterocycles. The van der Waals surface area contributed by atoms with Crippen molar-refractivity contribution >= 4 is 11.8 Å². The Hall–Kier alpha value is -3.48. The number of hydrogen-bond acceptors (Lipinski definition) is 4. The second-order valence-corrected chi connectivity index (χ2v) is 6.57. The average molecular weight is 377 g/mol. The lowest BCUT2D eigenvalue weighted by Crippen LogP contribution is -2.32. The third-order valence-electron chi connectivity index (χ3n) is 4.31. The van der Waals surface area contributed by atoms with Crippen LogP contribution in [0.1, 0.15) is 36.3 Å². The molecule has 2 amide bonds. The SMILES string of the molecule is CC(=O)N[C@@H](CC(=O)NCc1ncnn1-c1ccccc1)c1ccc(C)cc1. The summed E-state index contributed by atoms with van der Waals surface area (Å²) < 4.78 is 1.69. The molecule has 0 unspecified atom stereocenters. The Balaban J connectivity index is 1.65. The fourth-order valence-electron chi connectivity index (χ4n) is 2.90. The highest BCUT2D eigenvalue weighted by molar-refractivity contribution is 5.79. The number of nitrogens with zero attached hydrogens (tertiary/aromatic N) is 3. The fourth-order valence-corrected chi connectivity index (χ4v) is 2.90. The fraction of sp³-hybridized carbons (Fsp3) is 0.238. The molecule has 2 aromatic carbocycles. The summed E-state index contributed by atoms with van der Waals surface area (Å²) in [6.07, 6.45) is 1.60. The summed E-state index contributed by atoms with van der Waals surface area (Å²) in [7, 11) is 0. The maximum absolute atomic E-state index is 12.5. The lowest BCUT2D eigenvalue weighted by atomic mass is 10.0. The van der Waals surface area contributed by atoms with Gasteiger partial charge < -0.3 is 10.6 Å². The van der Waals surface area contributed by atoms with E-state index in [0.717, 1.165) is 16.8 Å². The molecule has 28 heavy (non-hydrogen) atoms.